The first-order valence-electron chi connectivity index (χ1n) is 10.3. The number of hydrogen-bond acceptors (Lipinski definition) is 9. The number of nitro groups is 1. The minimum Gasteiger partial charge on any atom is -0.338 e. The van der Waals surface area contributed by atoms with Crippen LogP contribution in [-0.4, -0.2) is 38.9 Å². The third-order valence-corrected chi connectivity index (χ3v) is 6.53. The van der Waals surface area contributed by atoms with Gasteiger partial charge in [-0.25, -0.2) is 4.98 Å². The fourth-order valence-corrected chi connectivity index (χ4v) is 4.42. The molecular formula is C22H21ClN7O4P. The molecule has 0 saturated carbocycles. The summed E-state index contributed by atoms with van der Waals surface area (Å²) in [5, 5.41) is 22.7. The van der Waals surface area contributed by atoms with E-state index in [-0.39, 0.29) is 5.69 Å². The van der Waals surface area contributed by atoms with E-state index in [0.29, 0.717) is 29.0 Å². The topological polar surface area (TPSA) is 129 Å². The number of hydrogen-bond donors (Lipinski definition) is 2. The summed E-state index contributed by atoms with van der Waals surface area (Å²) >= 11 is 6.34. The van der Waals surface area contributed by atoms with Crippen LogP contribution in [-0.2, 0) is 15.6 Å². The Morgan fingerprint density at radius 3 is 2.54 bits per heavy atom. The molecule has 2 N–H and O–H groups in total. The monoisotopic (exact) mass is 513 g/mol. The zero-order valence-electron chi connectivity index (χ0n) is 18.8. The SMILES string of the molecule is COP(OC)c1ccccc1Nc1nc(Nc2cnn(Cc3ccc([N+](=O)[O-])cc3)c2)ncc1Cl. The molecule has 0 atom stereocenters. The van der Waals surface area contributed by atoms with Gasteiger partial charge >= 0.3 is 0 Å². The first-order valence-corrected chi connectivity index (χ1v) is 11.8. The maximum absolute atomic E-state index is 10.8. The summed E-state index contributed by atoms with van der Waals surface area (Å²) in [6, 6.07) is 13.9. The van der Waals surface area contributed by atoms with Crippen LogP contribution in [0.1, 0.15) is 5.56 Å². The van der Waals surface area contributed by atoms with Gasteiger partial charge in [-0.15, -0.1) is 0 Å². The lowest BCUT2D eigenvalue weighted by atomic mass is 10.2. The molecule has 180 valence electrons. The van der Waals surface area contributed by atoms with Gasteiger partial charge in [0.25, 0.3) is 5.69 Å². The molecule has 0 saturated heterocycles. The smallest absolute Gasteiger partial charge is 0.269 e. The molecule has 0 radical (unpaired) electrons. The fourth-order valence-electron chi connectivity index (χ4n) is 3.21. The van der Waals surface area contributed by atoms with Gasteiger partial charge < -0.3 is 19.7 Å². The predicted molar refractivity (Wildman–Crippen MR) is 135 cm³/mol. The van der Waals surface area contributed by atoms with E-state index >= 15 is 0 Å². The van der Waals surface area contributed by atoms with Gasteiger partial charge in [-0.3, -0.25) is 14.8 Å². The number of para-hydroxylation sites is 1. The number of non-ortho nitro benzene ring substituents is 1. The number of anilines is 4. The fraction of sp³-hybridized carbons (Fsp3) is 0.136. The van der Waals surface area contributed by atoms with E-state index in [9.17, 15) is 10.1 Å². The van der Waals surface area contributed by atoms with Gasteiger partial charge in [0.1, 0.15) is 5.02 Å². The van der Waals surface area contributed by atoms with Crippen LogP contribution in [0, 0.1) is 10.1 Å². The summed E-state index contributed by atoms with van der Waals surface area (Å²) in [5.41, 5.74) is 2.35. The maximum atomic E-state index is 10.8. The maximum Gasteiger partial charge on any atom is 0.269 e. The van der Waals surface area contributed by atoms with Crippen LogP contribution in [0.2, 0.25) is 5.02 Å². The zero-order valence-corrected chi connectivity index (χ0v) is 20.4. The number of benzene rings is 2. The second kappa shape index (κ2) is 11.2. The highest BCUT2D eigenvalue weighted by Gasteiger charge is 2.17. The summed E-state index contributed by atoms with van der Waals surface area (Å²) in [6.07, 6.45) is 4.92. The standard InChI is InChI=1S/C22H21ClN7O4P/c1-33-35(34-2)20-6-4-3-5-19(20)27-21-18(23)12-24-22(28-21)26-16-11-25-29(14-16)13-15-7-9-17(10-8-15)30(31)32/h3-12,14H,13H2,1-2H3,(H2,24,26,27,28). The van der Waals surface area contributed by atoms with Gasteiger partial charge in [0.05, 0.1) is 40.5 Å². The van der Waals surface area contributed by atoms with Crippen molar-refractivity contribution in [1.29, 1.82) is 0 Å². The van der Waals surface area contributed by atoms with Crippen LogP contribution in [0.15, 0.2) is 67.1 Å². The van der Waals surface area contributed by atoms with E-state index in [4.69, 9.17) is 20.6 Å². The Labute approximate surface area is 207 Å². The minimum absolute atomic E-state index is 0.0459. The number of aromatic nitrogens is 4. The van der Waals surface area contributed by atoms with Gasteiger partial charge in [-0.2, -0.15) is 10.1 Å². The third kappa shape index (κ3) is 6.09. The highest BCUT2D eigenvalue weighted by Crippen LogP contribution is 2.38. The Balaban J connectivity index is 1.48. The van der Waals surface area contributed by atoms with E-state index in [0.717, 1.165) is 16.6 Å². The molecule has 0 spiro atoms. The highest BCUT2D eigenvalue weighted by atomic mass is 35.5. The molecule has 2 aromatic heterocycles. The van der Waals surface area contributed by atoms with Crippen molar-refractivity contribution in [3.8, 4) is 0 Å². The van der Waals surface area contributed by atoms with E-state index in [1.54, 1.807) is 43.4 Å². The Bertz CT molecular complexity index is 1320. The Morgan fingerprint density at radius 1 is 1.09 bits per heavy atom. The van der Waals surface area contributed by atoms with E-state index in [1.165, 1.54) is 18.3 Å². The van der Waals surface area contributed by atoms with E-state index in [2.05, 4.69) is 25.7 Å². The van der Waals surface area contributed by atoms with Crippen molar-refractivity contribution in [1.82, 2.24) is 19.7 Å². The van der Waals surface area contributed by atoms with Gasteiger partial charge in [0.15, 0.2) is 5.82 Å². The van der Waals surface area contributed by atoms with Crippen LogP contribution in [0.4, 0.5) is 28.8 Å². The van der Waals surface area contributed by atoms with Crippen molar-refractivity contribution in [3.05, 3.63) is 87.8 Å². The average Bonchev–Trinajstić information content (AvgIpc) is 3.30. The first-order chi connectivity index (χ1) is 17.0. The molecule has 0 amide bonds. The van der Waals surface area contributed by atoms with E-state index in [1.807, 2.05) is 24.3 Å². The lowest BCUT2D eigenvalue weighted by molar-refractivity contribution is -0.384. The molecule has 2 heterocycles. The van der Waals surface area contributed by atoms with Crippen LogP contribution in [0.3, 0.4) is 0 Å². The molecule has 35 heavy (non-hydrogen) atoms. The first kappa shape index (κ1) is 24.5. The van der Waals surface area contributed by atoms with Gasteiger partial charge in [-0.1, -0.05) is 35.9 Å². The molecule has 13 heteroatoms. The second-order valence-corrected chi connectivity index (χ2v) is 9.26. The Kier molecular flexibility index (Phi) is 7.84. The summed E-state index contributed by atoms with van der Waals surface area (Å²) in [5.74, 6) is 0.738. The van der Waals surface area contributed by atoms with Crippen LogP contribution in [0.25, 0.3) is 0 Å². The summed E-state index contributed by atoms with van der Waals surface area (Å²) < 4.78 is 12.6. The van der Waals surface area contributed by atoms with E-state index < -0.39 is 13.3 Å². The third-order valence-electron chi connectivity index (χ3n) is 4.81. The summed E-state index contributed by atoms with van der Waals surface area (Å²) in [6.45, 7) is 0.451. The lowest BCUT2D eigenvalue weighted by Crippen LogP contribution is -2.11. The highest BCUT2D eigenvalue weighted by molar-refractivity contribution is 7.56. The molecule has 4 aromatic rings. The normalized spacial score (nSPS) is 11.0. The molecule has 0 bridgehead atoms. The van der Waals surface area contributed by atoms with Crippen molar-refractivity contribution < 1.29 is 14.0 Å². The van der Waals surface area contributed by atoms with Gasteiger partial charge in [0.2, 0.25) is 14.3 Å². The summed E-state index contributed by atoms with van der Waals surface area (Å²) in [4.78, 5) is 19.1. The Hall–Kier alpha value is -3.63. The second-order valence-electron chi connectivity index (χ2n) is 7.13. The van der Waals surface area contributed by atoms with Crippen molar-refractivity contribution in [2.45, 2.75) is 6.54 Å². The van der Waals surface area contributed by atoms with Gasteiger partial charge in [-0.05, 0) is 17.7 Å². The molecule has 0 aliphatic rings. The van der Waals surface area contributed by atoms with Crippen molar-refractivity contribution >= 4 is 54.1 Å². The molecule has 0 fully saturated rings. The lowest BCUT2D eigenvalue weighted by Gasteiger charge is -2.17. The number of nitro benzene ring substituents is 1. The number of rotatable bonds is 10. The van der Waals surface area contributed by atoms with Crippen molar-refractivity contribution in [2.75, 3.05) is 24.9 Å². The molecule has 2 aromatic carbocycles. The molecule has 0 aliphatic carbocycles. The molecule has 4 rings (SSSR count). The molecule has 11 nitrogen and oxygen atoms in total. The average molecular weight is 514 g/mol. The van der Waals surface area contributed by atoms with Crippen LogP contribution < -0.4 is 15.9 Å². The Morgan fingerprint density at radius 2 is 1.83 bits per heavy atom. The number of halogens is 1. The van der Waals surface area contributed by atoms with Crippen LogP contribution in [0.5, 0.6) is 0 Å². The molecular weight excluding hydrogens is 493 g/mol. The molecule has 0 unspecified atom stereocenters. The number of nitrogens with one attached hydrogen (secondary N) is 2. The van der Waals surface area contributed by atoms with Crippen LogP contribution >= 0.6 is 20.0 Å². The number of nitrogens with zero attached hydrogens (tertiary/aromatic N) is 5. The summed E-state index contributed by atoms with van der Waals surface area (Å²) in [7, 11) is 1.92. The largest absolute Gasteiger partial charge is 0.338 e. The zero-order chi connectivity index (χ0) is 24.8. The minimum atomic E-state index is -1.26. The van der Waals surface area contributed by atoms with Gasteiger partial charge in [0, 0.05) is 32.5 Å². The predicted octanol–water partition coefficient (Wildman–Crippen LogP) is 5.00. The molecule has 0 aliphatic heterocycles. The quantitative estimate of drug-likeness (QED) is 0.171. The van der Waals surface area contributed by atoms with Crippen molar-refractivity contribution in [3.63, 3.8) is 0 Å². The van der Waals surface area contributed by atoms with Crippen molar-refractivity contribution in [2.24, 2.45) is 0 Å².